The van der Waals surface area contributed by atoms with Gasteiger partial charge >= 0.3 is 0 Å². The van der Waals surface area contributed by atoms with Crippen molar-refractivity contribution >= 4 is 0 Å². The number of hydrogen-bond acceptors (Lipinski definition) is 2. The van der Waals surface area contributed by atoms with Crippen LogP contribution in [0, 0.1) is 11.8 Å². The fourth-order valence-corrected chi connectivity index (χ4v) is 4.17. The Balaban J connectivity index is 1.68. The summed E-state index contributed by atoms with van der Waals surface area (Å²) in [6, 6.07) is 15.0. The summed E-state index contributed by atoms with van der Waals surface area (Å²) in [6.45, 7) is 7.93. The molecule has 3 rings (SSSR count). The van der Waals surface area contributed by atoms with Crippen molar-refractivity contribution in [2.24, 2.45) is 11.8 Å². The molecule has 2 aromatic rings. The van der Waals surface area contributed by atoms with Crippen LogP contribution in [0.25, 0.3) is 0 Å². The van der Waals surface area contributed by atoms with Crippen LogP contribution in [0.1, 0.15) is 57.2 Å². The fraction of sp³-hybridized carbons (Fsp3) is 0.583. The van der Waals surface area contributed by atoms with Crippen LogP contribution >= 0.6 is 0 Å². The molecule has 0 amide bonds. The Morgan fingerprint density at radius 1 is 1.04 bits per heavy atom. The quantitative estimate of drug-likeness (QED) is 0.679. The van der Waals surface area contributed by atoms with Gasteiger partial charge in [-0.25, -0.2) is 0 Å². The van der Waals surface area contributed by atoms with E-state index in [0.717, 1.165) is 32.1 Å². The van der Waals surface area contributed by atoms with E-state index in [1.807, 2.05) is 0 Å². The first-order valence-electron chi connectivity index (χ1n) is 10.7. The second kappa shape index (κ2) is 10.1. The van der Waals surface area contributed by atoms with Crippen LogP contribution in [-0.2, 0) is 13.1 Å². The van der Waals surface area contributed by atoms with E-state index >= 15 is 0 Å². The molecule has 3 nitrogen and oxygen atoms in total. The molecule has 0 saturated heterocycles. The van der Waals surface area contributed by atoms with Gasteiger partial charge in [0.05, 0.1) is 6.10 Å². The van der Waals surface area contributed by atoms with Crippen LogP contribution < -0.4 is 0 Å². The van der Waals surface area contributed by atoms with Crippen LogP contribution in [0.3, 0.4) is 0 Å². The van der Waals surface area contributed by atoms with Crippen molar-refractivity contribution in [3.8, 4) is 0 Å². The predicted octanol–water partition coefficient (Wildman–Crippen LogP) is 4.94. The first-order valence-corrected chi connectivity index (χ1v) is 10.7. The van der Waals surface area contributed by atoms with Gasteiger partial charge in [-0.2, -0.15) is 0 Å². The van der Waals surface area contributed by atoms with Crippen LogP contribution in [0.15, 0.2) is 48.7 Å². The van der Waals surface area contributed by atoms with Crippen LogP contribution in [0.2, 0.25) is 0 Å². The summed E-state index contributed by atoms with van der Waals surface area (Å²) in [4.78, 5) is 2.50. The zero-order valence-corrected chi connectivity index (χ0v) is 17.1. The molecule has 0 unspecified atom stereocenters. The second-order valence-corrected chi connectivity index (χ2v) is 8.62. The zero-order valence-electron chi connectivity index (χ0n) is 17.1. The number of aliphatic hydroxyl groups excluding tert-OH is 1. The zero-order chi connectivity index (χ0) is 19.1. The van der Waals surface area contributed by atoms with Crippen LogP contribution in [0.5, 0.6) is 0 Å². The molecule has 1 aliphatic rings. The van der Waals surface area contributed by atoms with Crippen molar-refractivity contribution in [2.75, 3.05) is 13.1 Å². The van der Waals surface area contributed by atoms with Crippen molar-refractivity contribution in [1.82, 2.24) is 9.47 Å². The number of aromatic nitrogens is 1. The maximum atomic E-state index is 10.5. The molecule has 0 spiro atoms. The monoisotopic (exact) mass is 368 g/mol. The van der Waals surface area contributed by atoms with Crippen molar-refractivity contribution in [1.29, 1.82) is 0 Å². The highest BCUT2D eigenvalue weighted by molar-refractivity contribution is 5.17. The average molecular weight is 369 g/mol. The van der Waals surface area contributed by atoms with Gasteiger partial charge in [0, 0.05) is 38.1 Å². The topological polar surface area (TPSA) is 28.4 Å². The molecule has 0 radical (unpaired) electrons. The third-order valence-corrected chi connectivity index (χ3v) is 5.96. The highest BCUT2D eigenvalue weighted by Gasteiger charge is 2.21. The average Bonchev–Trinajstić information content (AvgIpc) is 3.10. The van der Waals surface area contributed by atoms with E-state index in [4.69, 9.17) is 0 Å². The van der Waals surface area contributed by atoms with Crippen molar-refractivity contribution in [3.63, 3.8) is 0 Å². The SMILES string of the molecule is CC(C)[C@H](O)CN(Cc1cccn1Cc1ccccc1)CC1CCCCC1. The van der Waals surface area contributed by atoms with Gasteiger partial charge in [0.15, 0.2) is 0 Å². The molecule has 1 heterocycles. The summed E-state index contributed by atoms with van der Waals surface area (Å²) >= 11 is 0. The van der Waals surface area contributed by atoms with Crippen molar-refractivity contribution in [2.45, 2.75) is 65.1 Å². The summed E-state index contributed by atoms with van der Waals surface area (Å²) in [5.41, 5.74) is 2.67. The van der Waals surface area contributed by atoms with Gasteiger partial charge in [0.2, 0.25) is 0 Å². The number of nitrogens with zero attached hydrogens (tertiary/aromatic N) is 2. The molecule has 1 aromatic heterocycles. The maximum absolute atomic E-state index is 10.5. The molecular weight excluding hydrogens is 332 g/mol. The number of rotatable bonds is 9. The molecule has 0 aliphatic heterocycles. The molecule has 1 aliphatic carbocycles. The lowest BCUT2D eigenvalue weighted by molar-refractivity contribution is 0.0616. The van der Waals surface area contributed by atoms with E-state index in [0.29, 0.717) is 5.92 Å². The molecule has 1 saturated carbocycles. The Labute approximate surface area is 165 Å². The fourth-order valence-electron chi connectivity index (χ4n) is 4.17. The van der Waals surface area contributed by atoms with Crippen LogP contribution in [0.4, 0.5) is 0 Å². The van der Waals surface area contributed by atoms with E-state index < -0.39 is 0 Å². The number of benzene rings is 1. The lowest BCUT2D eigenvalue weighted by Crippen LogP contribution is -2.38. The first-order chi connectivity index (χ1) is 13.1. The summed E-state index contributed by atoms with van der Waals surface area (Å²) < 4.78 is 2.35. The van der Waals surface area contributed by atoms with E-state index in [9.17, 15) is 5.11 Å². The van der Waals surface area contributed by atoms with Gasteiger partial charge in [-0.3, -0.25) is 4.90 Å². The largest absolute Gasteiger partial charge is 0.392 e. The van der Waals surface area contributed by atoms with Crippen molar-refractivity contribution < 1.29 is 5.11 Å². The first kappa shape index (κ1) is 20.2. The molecule has 1 aromatic carbocycles. The molecule has 1 atom stereocenters. The summed E-state index contributed by atoms with van der Waals surface area (Å²) in [6.07, 6.45) is 8.75. The molecule has 3 heteroatoms. The highest BCUT2D eigenvalue weighted by Crippen LogP contribution is 2.25. The molecule has 27 heavy (non-hydrogen) atoms. The van der Waals surface area contributed by atoms with Gasteiger partial charge in [-0.05, 0) is 42.4 Å². The van der Waals surface area contributed by atoms with Gasteiger partial charge < -0.3 is 9.67 Å². The molecule has 0 bridgehead atoms. The van der Waals surface area contributed by atoms with Gasteiger partial charge in [-0.15, -0.1) is 0 Å². The van der Waals surface area contributed by atoms with E-state index in [1.165, 1.54) is 43.4 Å². The Bertz CT molecular complexity index is 658. The highest BCUT2D eigenvalue weighted by atomic mass is 16.3. The number of hydrogen-bond donors (Lipinski definition) is 1. The van der Waals surface area contributed by atoms with Gasteiger partial charge in [0.1, 0.15) is 0 Å². The second-order valence-electron chi connectivity index (χ2n) is 8.62. The normalized spacial score (nSPS) is 16.9. The Hall–Kier alpha value is -1.58. The Kier molecular flexibility index (Phi) is 7.54. The molecular formula is C24H36N2O. The molecule has 1 fully saturated rings. The third-order valence-electron chi connectivity index (χ3n) is 5.96. The summed E-state index contributed by atoms with van der Waals surface area (Å²) in [7, 11) is 0. The standard InChI is InChI=1S/C24H36N2O/c1-20(2)24(27)19-25(16-21-10-5-3-6-11-21)18-23-14-9-15-26(23)17-22-12-7-4-8-13-22/h4,7-9,12-15,20-21,24,27H,3,5-6,10-11,16-19H2,1-2H3/t24-/m1/s1. The number of aliphatic hydroxyl groups is 1. The van der Waals surface area contributed by atoms with E-state index in [2.05, 4.69) is 72.0 Å². The van der Waals surface area contributed by atoms with Crippen LogP contribution in [-0.4, -0.2) is 33.8 Å². The minimum atomic E-state index is -0.258. The molecule has 1 N–H and O–H groups in total. The van der Waals surface area contributed by atoms with Crippen molar-refractivity contribution in [3.05, 3.63) is 59.9 Å². The molecule has 148 valence electrons. The van der Waals surface area contributed by atoms with E-state index in [-0.39, 0.29) is 6.10 Å². The minimum absolute atomic E-state index is 0.258. The predicted molar refractivity (Wildman–Crippen MR) is 113 cm³/mol. The smallest absolute Gasteiger partial charge is 0.0690 e. The Morgan fingerprint density at radius 2 is 1.78 bits per heavy atom. The summed E-state index contributed by atoms with van der Waals surface area (Å²) in [5.74, 6) is 1.09. The lowest BCUT2D eigenvalue weighted by atomic mass is 9.88. The minimum Gasteiger partial charge on any atom is -0.392 e. The third kappa shape index (κ3) is 6.22. The lowest BCUT2D eigenvalue weighted by Gasteiger charge is -2.32. The van der Waals surface area contributed by atoms with Gasteiger partial charge in [0.25, 0.3) is 0 Å². The van der Waals surface area contributed by atoms with Gasteiger partial charge in [-0.1, -0.05) is 63.4 Å². The van der Waals surface area contributed by atoms with E-state index in [1.54, 1.807) is 0 Å². The Morgan fingerprint density at radius 3 is 2.48 bits per heavy atom. The maximum Gasteiger partial charge on any atom is 0.0690 e. The summed E-state index contributed by atoms with van der Waals surface area (Å²) in [5, 5.41) is 10.5.